The molecule has 0 bridgehead atoms. The number of ether oxygens (including phenoxy) is 2. The van der Waals surface area contributed by atoms with Crippen LogP contribution in [0.2, 0.25) is 0 Å². The summed E-state index contributed by atoms with van der Waals surface area (Å²) in [5.41, 5.74) is -2.60. The van der Waals surface area contributed by atoms with Crippen molar-refractivity contribution in [1.29, 1.82) is 0 Å². The molecule has 2 fully saturated rings. The number of rotatable bonds is 3. The predicted molar refractivity (Wildman–Crippen MR) is 119 cm³/mol. The Morgan fingerprint density at radius 2 is 1.67 bits per heavy atom. The lowest BCUT2D eigenvalue weighted by molar-refractivity contribution is 0.00578. The molecule has 0 atom stereocenters. The highest BCUT2D eigenvalue weighted by molar-refractivity contribution is 6.63. The SMILES string of the molecule is [2H]C1([2H])N(C(=O)OC(C)(C)C)C([2H])([2H])C([2H])([2H])N(c2ccc(OC)c(B3OC(C)(C)C(C)(C)O3)c2)C1([2H])[2H]. The van der Waals surface area contributed by atoms with Gasteiger partial charge >= 0.3 is 13.2 Å². The summed E-state index contributed by atoms with van der Waals surface area (Å²) in [6.07, 6.45) is -1.53. The largest absolute Gasteiger partial charge is 0.498 e. The molecule has 166 valence electrons. The van der Waals surface area contributed by atoms with Crippen LogP contribution in [-0.2, 0) is 14.0 Å². The van der Waals surface area contributed by atoms with E-state index in [0.29, 0.717) is 4.90 Å². The fourth-order valence-electron chi connectivity index (χ4n) is 2.80. The van der Waals surface area contributed by atoms with E-state index >= 15 is 0 Å². The number of carbonyl (C=O) groups is 1. The Morgan fingerprint density at radius 3 is 2.17 bits per heavy atom. The Hall–Kier alpha value is -1.93. The maximum Gasteiger partial charge on any atom is 0.498 e. The van der Waals surface area contributed by atoms with Gasteiger partial charge in [0.15, 0.2) is 0 Å². The number of piperazine rings is 1. The molecule has 0 aliphatic carbocycles. The molecular formula is C22H35BN2O5. The third-order valence-electron chi connectivity index (χ3n) is 5.10. The van der Waals surface area contributed by atoms with Crippen LogP contribution in [0.15, 0.2) is 18.2 Å². The van der Waals surface area contributed by atoms with E-state index in [2.05, 4.69) is 0 Å². The monoisotopic (exact) mass is 426 g/mol. The van der Waals surface area contributed by atoms with Gasteiger partial charge in [0.1, 0.15) is 11.4 Å². The van der Waals surface area contributed by atoms with Gasteiger partial charge < -0.3 is 28.6 Å². The third kappa shape index (κ3) is 4.70. The summed E-state index contributed by atoms with van der Waals surface area (Å²) in [5.74, 6) is 0.284. The summed E-state index contributed by atoms with van der Waals surface area (Å²) in [5, 5.41) is 0. The van der Waals surface area contributed by atoms with E-state index in [-0.39, 0.29) is 21.8 Å². The fourth-order valence-corrected chi connectivity index (χ4v) is 2.80. The van der Waals surface area contributed by atoms with Crippen molar-refractivity contribution in [2.75, 3.05) is 38.0 Å². The lowest BCUT2D eigenvalue weighted by Gasteiger charge is -2.37. The van der Waals surface area contributed by atoms with Crippen LogP contribution in [-0.4, -0.2) is 68.0 Å². The van der Waals surface area contributed by atoms with Crippen molar-refractivity contribution in [3.63, 3.8) is 0 Å². The van der Waals surface area contributed by atoms with Gasteiger partial charge in [-0.1, -0.05) is 0 Å². The highest BCUT2D eigenvalue weighted by Crippen LogP contribution is 2.37. The second kappa shape index (κ2) is 7.96. The zero-order valence-electron chi connectivity index (χ0n) is 26.7. The Kier molecular flexibility index (Phi) is 3.77. The summed E-state index contributed by atoms with van der Waals surface area (Å²) in [6.45, 7) is -1.55. The van der Waals surface area contributed by atoms with Crippen molar-refractivity contribution in [2.45, 2.75) is 65.3 Å². The van der Waals surface area contributed by atoms with Crippen molar-refractivity contribution in [3.05, 3.63) is 18.2 Å². The number of amides is 1. The van der Waals surface area contributed by atoms with Crippen molar-refractivity contribution >= 4 is 24.4 Å². The van der Waals surface area contributed by atoms with Crippen molar-refractivity contribution in [1.82, 2.24) is 4.90 Å². The Morgan fingerprint density at radius 1 is 1.10 bits per heavy atom. The molecule has 0 saturated carbocycles. The maximum atomic E-state index is 12.9. The van der Waals surface area contributed by atoms with E-state index in [4.69, 9.17) is 29.7 Å². The van der Waals surface area contributed by atoms with Crippen molar-refractivity contribution in [3.8, 4) is 5.75 Å². The maximum absolute atomic E-state index is 12.9. The van der Waals surface area contributed by atoms with E-state index < -0.39 is 56.0 Å². The molecule has 2 aliphatic heterocycles. The van der Waals surface area contributed by atoms with E-state index in [9.17, 15) is 4.79 Å². The highest BCUT2D eigenvalue weighted by atomic mass is 16.7. The summed E-state index contributed by atoms with van der Waals surface area (Å²) in [7, 11) is 0.405. The predicted octanol–water partition coefficient (Wildman–Crippen LogP) is 3.05. The van der Waals surface area contributed by atoms with Gasteiger partial charge in [0.2, 0.25) is 0 Å². The van der Waals surface area contributed by atoms with Gasteiger partial charge in [-0.3, -0.25) is 0 Å². The number of benzene rings is 1. The average molecular weight is 426 g/mol. The molecule has 0 unspecified atom stereocenters. The Bertz CT molecular complexity index is 1070. The van der Waals surface area contributed by atoms with Crippen molar-refractivity contribution < 1.29 is 34.5 Å². The van der Waals surface area contributed by atoms with Crippen LogP contribution >= 0.6 is 0 Å². The molecule has 2 aliphatic rings. The first-order valence-corrected chi connectivity index (χ1v) is 9.72. The standard InChI is InChI=1S/C22H35BN2O5/c1-20(2,3)28-19(26)25-13-11-24(12-14-25)16-9-10-18(27-8)17(15-16)23-29-21(4,5)22(6,7)30-23/h9-10,15H,11-14H2,1-8H3/i11D2,12D2,13D2,14D2. The summed E-state index contributed by atoms with van der Waals surface area (Å²) in [4.78, 5) is 13.1. The van der Waals surface area contributed by atoms with Crippen LogP contribution in [0.1, 0.15) is 59.4 Å². The minimum Gasteiger partial charge on any atom is -0.497 e. The number of hydrogen-bond acceptors (Lipinski definition) is 6. The number of methoxy groups -OCH3 is 1. The fraction of sp³-hybridized carbons (Fsp3) is 0.682. The second-order valence-electron chi connectivity index (χ2n) is 9.11. The summed E-state index contributed by atoms with van der Waals surface area (Å²) in [6, 6.07) is 4.00. The highest BCUT2D eigenvalue weighted by Gasteiger charge is 2.52. The molecule has 2 heterocycles. The van der Waals surface area contributed by atoms with Gasteiger partial charge in [0.25, 0.3) is 0 Å². The van der Waals surface area contributed by atoms with Crippen LogP contribution in [0.3, 0.4) is 0 Å². The smallest absolute Gasteiger partial charge is 0.497 e. The first-order valence-electron chi connectivity index (χ1n) is 13.7. The van der Waals surface area contributed by atoms with Crippen LogP contribution in [0, 0.1) is 0 Å². The van der Waals surface area contributed by atoms with Crippen LogP contribution < -0.4 is 15.1 Å². The van der Waals surface area contributed by atoms with E-state index in [1.165, 1.54) is 46.1 Å². The molecular weight excluding hydrogens is 383 g/mol. The number of anilines is 1. The zero-order valence-corrected chi connectivity index (χ0v) is 18.7. The Labute approximate surface area is 192 Å². The van der Waals surface area contributed by atoms with Crippen LogP contribution in [0.25, 0.3) is 0 Å². The summed E-state index contributed by atoms with van der Waals surface area (Å²) >= 11 is 0. The molecule has 1 aromatic rings. The number of hydrogen-bond donors (Lipinski definition) is 0. The van der Waals surface area contributed by atoms with Crippen LogP contribution in [0.4, 0.5) is 10.5 Å². The normalized spacial score (nSPS) is 31.7. The molecule has 0 aromatic heterocycles. The quantitative estimate of drug-likeness (QED) is 0.693. The zero-order chi connectivity index (χ0) is 29.5. The van der Waals surface area contributed by atoms with Crippen molar-refractivity contribution in [2.24, 2.45) is 0 Å². The first-order chi connectivity index (χ1) is 16.8. The van der Waals surface area contributed by atoms with Gasteiger partial charge in [-0.05, 0) is 66.7 Å². The average Bonchev–Trinajstić information content (AvgIpc) is 2.91. The lowest BCUT2D eigenvalue weighted by atomic mass is 9.78. The van der Waals surface area contributed by atoms with E-state index in [1.807, 2.05) is 27.7 Å². The molecule has 0 spiro atoms. The van der Waals surface area contributed by atoms with Gasteiger partial charge in [-0.25, -0.2) is 4.79 Å². The van der Waals surface area contributed by atoms with Gasteiger partial charge in [-0.15, -0.1) is 0 Å². The number of carbonyl (C=O) groups excluding carboxylic acids is 1. The molecule has 2 saturated heterocycles. The molecule has 8 heteroatoms. The van der Waals surface area contributed by atoms with E-state index in [0.717, 1.165) is 0 Å². The number of nitrogens with zero attached hydrogens (tertiary/aromatic N) is 2. The van der Waals surface area contributed by atoms with Crippen LogP contribution in [0.5, 0.6) is 5.75 Å². The summed E-state index contributed by atoms with van der Waals surface area (Å²) < 4.78 is 91.6. The molecule has 0 N–H and O–H groups in total. The molecule has 30 heavy (non-hydrogen) atoms. The molecule has 1 amide bonds. The van der Waals surface area contributed by atoms with Gasteiger partial charge in [0.05, 0.1) is 29.3 Å². The first kappa shape index (κ1) is 14.2. The molecule has 1 aromatic carbocycles. The minimum absolute atomic E-state index is 0.138. The molecule has 0 radical (unpaired) electrons. The third-order valence-corrected chi connectivity index (χ3v) is 5.10. The van der Waals surface area contributed by atoms with Gasteiger partial charge in [0, 0.05) is 37.1 Å². The Balaban J connectivity index is 2.18. The topological polar surface area (TPSA) is 60.5 Å². The van der Waals surface area contributed by atoms with Gasteiger partial charge in [-0.2, -0.15) is 0 Å². The second-order valence-corrected chi connectivity index (χ2v) is 9.11. The molecule has 3 rings (SSSR count). The molecule has 7 nitrogen and oxygen atoms in total. The van der Waals surface area contributed by atoms with E-state index in [1.54, 1.807) is 0 Å². The lowest BCUT2D eigenvalue weighted by Crippen LogP contribution is -2.50. The minimum atomic E-state index is -3.38.